The molecule has 0 amide bonds. The van der Waals surface area contributed by atoms with Gasteiger partial charge >= 0.3 is 0 Å². The van der Waals surface area contributed by atoms with Crippen LogP contribution in [-0.2, 0) is 11.2 Å². The quantitative estimate of drug-likeness (QED) is 0.634. The highest BCUT2D eigenvalue weighted by atomic mass is 16.1. The fourth-order valence-corrected chi connectivity index (χ4v) is 2.08. The predicted molar refractivity (Wildman–Crippen MR) is 50.1 cm³/mol. The molecule has 0 atom stereocenters. The summed E-state index contributed by atoms with van der Waals surface area (Å²) in [7, 11) is 0. The Hall–Kier alpha value is -1.57. The first-order valence-electron chi connectivity index (χ1n) is 4.45. The highest BCUT2D eigenvalue weighted by molar-refractivity contribution is 6.10. The maximum Gasteiger partial charge on any atom is 0.180 e. The summed E-state index contributed by atoms with van der Waals surface area (Å²) < 4.78 is 0. The number of rotatable bonds is 0. The van der Waals surface area contributed by atoms with Crippen LogP contribution in [0.5, 0.6) is 0 Å². The zero-order valence-electron chi connectivity index (χ0n) is 7.13. The summed E-state index contributed by atoms with van der Waals surface area (Å²) in [6.07, 6.45) is 0.817. The summed E-state index contributed by atoms with van der Waals surface area (Å²) in [6.45, 7) is 0.485. The van der Waals surface area contributed by atoms with Crippen molar-refractivity contribution < 1.29 is 4.79 Å². The molecule has 3 rings (SSSR count). The third-order valence-corrected chi connectivity index (χ3v) is 2.72. The van der Waals surface area contributed by atoms with E-state index >= 15 is 0 Å². The van der Waals surface area contributed by atoms with Crippen molar-refractivity contribution >= 4 is 11.5 Å². The molecule has 0 bridgehead atoms. The van der Waals surface area contributed by atoms with E-state index in [0.717, 1.165) is 17.7 Å². The fourth-order valence-electron chi connectivity index (χ4n) is 2.08. The number of Topliss-reactive ketones (excluding diaryl/α,β-unsaturated/α-hetero) is 1. The van der Waals surface area contributed by atoms with E-state index in [9.17, 15) is 4.79 Å². The van der Waals surface area contributed by atoms with Crippen LogP contribution >= 0.6 is 0 Å². The summed E-state index contributed by atoms with van der Waals surface area (Å²) in [5.41, 5.74) is 4.53. The molecule has 2 nitrogen and oxygen atoms in total. The standard InChI is InChI=1S/C11H9NO/c13-10-6-12-11-8-4-2-1-3-7(8)5-9(10)11/h1-4,12H,5-6H2. The van der Waals surface area contributed by atoms with E-state index in [2.05, 4.69) is 17.4 Å². The van der Waals surface area contributed by atoms with Gasteiger partial charge in [-0.25, -0.2) is 0 Å². The van der Waals surface area contributed by atoms with E-state index in [-0.39, 0.29) is 5.78 Å². The molecule has 1 aromatic carbocycles. The minimum atomic E-state index is 0.256. The Bertz CT molecular complexity index is 431. The Morgan fingerprint density at radius 3 is 3.00 bits per heavy atom. The van der Waals surface area contributed by atoms with Gasteiger partial charge in [-0.3, -0.25) is 4.79 Å². The lowest BCUT2D eigenvalue weighted by molar-refractivity contribution is -0.114. The van der Waals surface area contributed by atoms with Gasteiger partial charge < -0.3 is 5.32 Å². The van der Waals surface area contributed by atoms with Crippen molar-refractivity contribution in [1.82, 2.24) is 5.32 Å². The number of benzene rings is 1. The SMILES string of the molecule is O=C1CNC2=C1Cc1ccccc12. The lowest BCUT2D eigenvalue weighted by Gasteiger charge is -2.03. The largest absolute Gasteiger partial charge is 0.377 e. The third-order valence-electron chi connectivity index (χ3n) is 2.72. The van der Waals surface area contributed by atoms with Gasteiger partial charge in [0.1, 0.15) is 0 Å². The van der Waals surface area contributed by atoms with Gasteiger partial charge in [0.2, 0.25) is 0 Å². The normalized spacial score (nSPS) is 18.6. The average molecular weight is 171 g/mol. The van der Waals surface area contributed by atoms with E-state index in [1.165, 1.54) is 11.1 Å². The maximum absolute atomic E-state index is 11.4. The monoisotopic (exact) mass is 171 g/mol. The number of fused-ring (bicyclic) bond motifs is 2. The Labute approximate surface area is 76.3 Å². The maximum atomic E-state index is 11.4. The first-order valence-corrected chi connectivity index (χ1v) is 4.45. The van der Waals surface area contributed by atoms with Gasteiger partial charge in [0.15, 0.2) is 5.78 Å². The summed E-state index contributed by atoms with van der Waals surface area (Å²) >= 11 is 0. The summed E-state index contributed by atoms with van der Waals surface area (Å²) in [5, 5.41) is 3.15. The number of carbonyl (C=O) groups excluding carboxylic acids is 1. The molecule has 1 aromatic rings. The van der Waals surface area contributed by atoms with Crippen molar-refractivity contribution in [2.75, 3.05) is 6.54 Å². The lowest BCUT2D eigenvalue weighted by atomic mass is 10.1. The molecule has 0 aromatic heterocycles. The molecular formula is C11H9NO. The molecule has 1 N–H and O–H groups in total. The van der Waals surface area contributed by atoms with Crippen molar-refractivity contribution in [2.45, 2.75) is 6.42 Å². The molecule has 64 valence electrons. The van der Waals surface area contributed by atoms with E-state index in [1.54, 1.807) is 0 Å². The first kappa shape index (κ1) is 6.89. The number of hydrogen-bond donors (Lipinski definition) is 1. The molecule has 1 aliphatic heterocycles. The van der Waals surface area contributed by atoms with Crippen molar-refractivity contribution in [3.63, 3.8) is 0 Å². The molecule has 0 saturated heterocycles. The van der Waals surface area contributed by atoms with Crippen molar-refractivity contribution in [3.8, 4) is 0 Å². The minimum Gasteiger partial charge on any atom is -0.377 e. The van der Waals surface area contributed by atoms with Gasteiger partial charge in [0.25, 0.3) is 0 Å². The highest BCUT2D eigenvalue weighted by Crippen LogP contribution is 2.33. The summed E-state index contributed by atoms with van der Waals surface area (Å²) in [4.78, 5) is 11.4. The van der Waals surface area contributed by atoms with Crippen LogP contribution in [0, 0.1) is 0 Å². The van der Waals surface area contributed by atoms with Gasteiger partial charge in [0.05, 0.1) is 6.54 Å². The van der Waals surface area contributed by atoms with E-state index in [4.69, 9.17) is 0 Å². The van der Waals surface area contributed by atoms with E-state index in [1.807, 2.05) is 12.1 Å². The highest BCUT2D eigenvalue weighted by Gasteiger charge is 2.30. The Kier molecular flexibility index (Phi) is 1.18. The van der Waals surface area contributed by atoms with Crippen LogP contribution in [-0.4, -0.2) is 12.3 Å². The number of hydrogen-bond acceptors (Lipinski definition) is 2. The number of carbonyl (C=O) groups is 1. The number of nitrogens with one attached hydrogen (secondary N) is 1. The molecule has 0 unspecified atom stereocenters. The smallest absolute Gasteiger partial charge is 0.180 e. The van der Waals surface area contributed by atoms with E-state index < -0.39 is 0 Å². The van der Waals surface area contributed by atoms with Crippen LogP contribution in [0.2, 0.25) is 0 Å². The second-order valence-corrected chi connectivity index (χ2v) is 3.46. The zero-order valence-corrected chi connectivity index (χ0v) is 7.13. The van der Waals surface area contributed by atoms with E-state index in [0.29, 0.717) is 6.54 Å². The molecule has 13 heavy (non-hydrogen) atoms. The fraction of sp³-hybridized carbons (Fsp3) is 0.182. The number of ketones is 1. The lowest BCUT2D eigenvalue weighted by Crippen LogP contribution is -2.13. The topological polar surface area (TPSA) is 29.1 Å². The molecule has 0 saturated carbocycles. The zero-order chi connectivity index (χ0) is 8.84. The van der Waals surface area contributed by atoms with Crippen LogP contribution in [0.15, 0.2) is 29.8 Å². The van der Waals surface area contributed by atoms with Crippen LogP contribution in [0.1, 0.15) is 11.1 Å². The van der Waals surface area contributed by atoms with Gasteiger partial charge in [-0.2, -0.15) is 0 Å². The van der Waals surface area contributed by atoms with Crippen LogP contribution < -0.4 is 5.32 Å². The Morgan fingerprint density at radius 1 is 1.23 bits per heavy atom. The summed E-state index contributed by atoms with van der Waals surface area (Å²) in [5.74, 6) is 0.256. The second-order valence-electron chi connectivity index (χ2n) is 3.46. The molecular weight excluding hydrogens is 162 g/mol. The molecule has 1 heterocycles. The van der Waals surface area contributed by atoms with Gasteiger partial charge in [-0.15, -0.1) is 0 Å². The van der Waals surface area contributed by atoms with Crippen LogP contribution in [0.25, 0.3) is 5.70 Å². The van der Waals surface area contributed by atoms with Crippen molar-refractivity contribution in [1.29, 1.82) is 0 Å². The Balaban J connectivity index is 2.20. The van der Waals surface area contributed by atoms with Crippen molar-refractivity contribution in [2.24, 2.45) is 0 Å². The minimum absolute atomic E-state index is 0.256. The molecule has 0 spiro atoms. The average Bonchev–Trinajstić information content (AvgIpc) is 2.67. The second kappa shape index (κ2) is 2.22. The summed E-state index contributed by atoms with van der Waals surface area (Å²) in [6, 6.07) is 8.19. The van der Waals surface area contributed by atoms with Gasteiger partial charge in [-0.1, -0.05) is 24.3 Å². The molecule has 1 aliphatic carbocycles. The predicted octanol–water partition coefficient (Wildman–Crippen LogP) is 1.13. The molecule has 2 aliphatic rings. The Morgan fingerprint density at radius 2 is 2.08 bits per heavy atom. The molecule has 2 heteroatoms. The first-order chi connectivity index (χ1) is 6.36. The van der Waals surface area contributed by atoms with Crippen molar-refractivity contribution in [3.05, 3.63) is 41.0 Å². The third kappa shape index (κ3) is 0.800. The molecule has 0 radical (unpaired) electrons. The van der Waals surface area contributed by atoms with Crippen LogP contribution in [0.3, 0.4) is 0 Å². The van der Waals surface area contributed by atoms with Gasteiger partial charge in [0, 0.05) is 23.3 Å². The molecule has 0 fully saturated rings. The van der Waals surface area contributed by atoms with Crippen LogP contribution in [0.4, 0.5) is 0 Å². The van der Waals surface area contributed by atoms with Gasteiger partial charge in [-0.05, 0) is 5.56 Å².